The zero-order valence-electron chi connectivity index (χ0n) is 14.4. The Labute approximate surface area is 146 Å². The highest BCUT2D eigenvalue weighted by molar-refractivity contribution is 5.99. The van der Waals surface area contributed by atoms with Crippen molar-refractivity contribution < 1.29 is 23.9 Å². The topological polar surface area (TPSA) is 86.7 Å². The van der Waals surface area contributed by atoms with Gasteiger partial charge in [0.15, 0.2) is 0 Å². The van der Waals surface area contributed by atoms with Crippen LogP contribution in [0.4, 0.5) is 10.1 Å². The Kier molecular flexibility index (Phi) is 6.12. The van der Waals surface area contributed by atoms with Gasteiger partial charge in [-0.25, -0.2) is 4.39 Å². The Hall–Kier alpha value is -2.44. The molecule has 1 aliphatic heterocycles. The number of nitrogens with zero attached hydrogens (tertiary/aromatic N) is 1. The van der Waals surface area contributed by atoms with Gasteiger partial charge in [-0.15, -0.1) is 0 Å². The second kappa shape index (κ2) is 8.09. The minimum absolute atomic E-state index is 0.0548. The van der Waals surface area contributed by atoms with E-state index in [1.807, 2.05) is 13.8 Å². The van der Waals surface area contributed by atoms with Crippen molar-refractivity contribution in [3.63, 3.8) is 0 Å². The first-order valence-corrected chi connectivity index (χ1v) is 8.40. The molecule has 0 bridgehead atoms. The summed E-state index contributed by atoms with van der Waals surface area (Å²) >= 11 is 0. The Morgan fingerprint density at radius 3 is 2.64 bits per heavy atom. The number of carboxylic acids is 1. The molecule has 0 saturated carbocycles. The van der Waals surface area contributed by atoms with E-state index in [1.165, 1.54) is 17.0 Å². The number of aliphatic carboxylic acids is 1. The van der Waals surface area contributed by atoms with E-state index in [1.54, 1.807) is 0 Å². The van der Waals surface area contributed by atoms with E-state index < -0.39 is 23.6 Å². The second-order valence-corrected chi connectivity index (χ2v) is 6.69. The molecule has 1 fully saturated rings. The molecule has 6 nitrogen and oxygen atoms in total. The van der Waals surface area contributed by atoms with Crippen LogP contribution in [0.3, 0.4) is 0 Å². The molecule has 136 valence electrons. The quantitative estimate of drug-likeness (QED) is 0.791. The molecule has 7 heteroatoms. The van der Waals surface area contributed by atoms with Gasteiger partial charge in [0.1, 0.15) is 5.82 Å². The molecule has 1 aliphatic rings. The molecule has 1 aromatic carbocycles. The van der Waals surface area contributed by atoms with E-state index in [2.05, 4.69) is 5.32 Å². The Morgan fingerprint density at radius 2 is 2.08 bits per heavy atom. The largest absolute Gasteiger partial charge is 0.481 e. The molecule has 0 spiro atoms. The fourth-order valence-corrected chi connectivity index (χ4v) is 2.93. The standard InChI is InChI=1S/C18H23FN2O4/c1-11(2)8-12(18(24)25)10-20-17(23)14-9-13(5-6-15(14)19)21-7-3-4-16(21)22/h5-6,9,11-12H,3-4,7-8,10H2,1-2H3,(H,20,23)(H,24,25). The van der Waals surface area contributed by atoms with Gasteiger partial charge >= 0.3 is 5.97 Å². The number of carboxylic acid groups (broad SMARTS) is 1. The van der Waals surface area contributed by atoms with Crippen LogP contribution in [0.5, 0.6) is 0 Å². The summed E-state index contributed by atoms with van der Waals surface area (Å²) in [6.07, 6.45) is 1.59. The highest BCUT2D eigenvalue weighted by Crippen LogP contribution is 2.24. The van der Waals surface area contributed by atoms with Gasteiger partial charge in [-0.2, -0.15) is 0 Å². The van der Waals surface area contributed by atoms with E-state index in [9.17, 15) is 23.9 Å². The zero-order valence-corrected chi connectivity index (χ0v) is 14.4. The van der Waals surface area contributed by atoms with E-state index >= 15 is 0 Å². The third-order valence-corrected chi connectivity index (χ3v) is 4.19. The van der Waals surface area contributed by atoms with Crippen molar-refractivity contribution in [3.05, 3.63) is 29.6 Å². The summed E-state index contributed by atoms with van der Waals surface area (Å²) in [7, 11) is 0. The molecule has 1 unspecified atom stereocenters. The Balaban J connectivity index is 2.10. The summed E-state index contributed by atoms with van der Waals surface area (Å²) in [5, 5.41) is 11.7. The van der Waals surface area contributed by atoms with Crippen LogP contribution >= 0.6 is 0 Å². The number of rotatable bonds is 7. The molecule has 1 atom stereocenters. The number of carbonyl (C=O) groups is 3. The molecule has 0 aliphatic carbocycles. The third-order valence-electron chi connectivity index (χ3n) is 4.19. The average molecular weight is 350 g/mol. The maximum absolute atomic E-state index is 14.0. The normalized spacial score (nSPS) is 15.5. The number of anilines is 1. The predicted octanol–water partition coefficient (Wildman–Crippen LogP) is 2.43. The minimum atomic E-state index is -0.995. The molecule has 0 radical (unpaired) electrons. The van der Waals surface area contributed by atoms with Crippen molar-refractivity contribution in [2.75, 3.05) is 18.0 Å². The van der Waals surface area contributed by atoms with E-state index in [0.717, 1.165) is 12.5 Å². The van der Waals surface area contributed by atoms with Crippen LogP contribution in [0, 0.1) is 17.7 Å². The lowest BCUT2D eigenvalue weighted by Crippen LogP contribution is -2.34. The smallest absolute Gasteiger partial charge is 0.308 e. The van der Waals surface area contributed by atoms with Crippen LogP contribution in [0.1, 0.15) is 43.5 Å². The van der Waals surface area contributed by atoms with Crippen LogP contribution in [0.2, 0.25) is 0 Å². The van der Waals surface area contributed by atoms with Crippen molar-refractivity contribution in [1.82, 2.24) is 5.32 Å². The molecule has 25 heavy (non-hydrogen) atoms. The van der Waals surface area contributed by atoms with Gasteiger partial charge < -0.3 is 15.3 Å². The van der Waals surface area contributed by atoms with Crippen molar-refractivity contribution in [2.24, 2.45) is 11.8 Å². The number of hydrogen-bond acceptors (Lipinski definition) is 3. The molecule has 1 aromatic rings. The lowest BCUT2D eigenvalue weighted by atomic mass is 9.97. The van der Waals surface area contributed by atoms with Crippen LogP contribution in [0.25, 0.3) is 0 Å². The summed E-state index contributed by atoms with van der Waals surface area (Å²) in [6.45, 7) is 4.27. The van der Waals surface area contributed by atoms with Crippen molar-refractivity contribution in [2.45, 2.75) is 33.1 Å². The van der Waals surface area contributed by atoms with Gasteiger partial charge in [0.25, 0.3) is 5.91 Å². The maximum atomic E-state index is 14.0. The van der Waals surface area contributed by atoms with Crippen LogP contribution < -0.4 is 10.2 Å². The molecule has 2 rings (SSSR count). The van der Waals surface area contributed by atoms with Crippen LogP contribution in [0.15, 0.2) is 18.2 Å². The molecule has 2 amide bonds. The van der Waals surface area contributed by atoms with Gasteiger partial charge in [-0.3, -0.25) is 14.4 Å². The Bertz CT molecular complexity index is 675. The number of halogens is 1. The lowest BCUT2D eigenvalue weighted by Gasteiger charge is -2.18. The molecule has 1 heterocycles. The van der Waals surface area contributed by atoms with Crippen molar-refractivity contribution in [3.8, 4) is 0 Å². The van der Waals surface area contributed by atoms with E-state index in [4.69, 9.17) is 0 Å². The van der Waals surface area contributed by atoms with Crippen LogP contribution in [-0.4, -0.2) is 36.0 Å². The second-order valence-electron chi connectivity index (χ2n) is 6.69. The monoisotopic (exact) mass is 350 g/mol. The lowest BCUT2D eigenvalue weighted by molar-refractivity contribution is -0.142. The summed E-state index contributed by atoms with van der Waals surface area (Å²) < 4.78 is 14.0. The molecule has 2 N–H and O–H groups in total. The molecule has 1 saturated heterocycles. The highest BCUT2D eigenvalue weighted by Gasteiger charge is 2.24. The molecular weight excluding hydrogens is 327 g/mol. The van der Waals surface area contributed by atoms with Gasteiger partial charge in [0, 0.05) is 25.2 Å². The van der Waals surface area contributed by atoms with Gasteiger partial charge in [-0.1, -0.05) is 13.8 Å². The number of amides is 2. The van der Waals surface area contributed by atoms with E-state index in [-0.39, 0.29) is 23.9 Å². The van der Waals surface area contributed by atoms with Crippen molar-refractivity contribution in [1.29, 1.82) is 0 Å². The SMILES string of the molecule is CC(C)CC(CNC(=O)c1cc(N2CCCC2=O)ccc1F)C(=O)O. The zero-order chi connectivity index (χ0) is 18.6. The molecular formula is C18H23FN2O4. The summed E-state index contributed by atoms with van der Waals surface area (Å²) in [4.78, 5) is 36.8. The predicted molar refractivity (Wildman–Crippen MR) is 90.9 cm³/mol. The van der Waals surface area contributed by atoms with Gasteiger partial charge in [0.2, 0.25) is 5.91 Å². The van der Waals surface area contributed by atoms with Crippen LogP contribution in [-0.2, 0) is 9.59 Å². The first kappa shape index (κ1) is 18.9. The first-order chi connectivity index (χ1) is 11.8. The summed E-state index contributed by atoms with van der Waals surface area (Å²) in [5.74, 6) is -2.99. The molecule has 0 aromatic heterocycles. The van der Waals surface area contributed by atoms with E-state index in [0.29, 0.717) is 25.1 Å². The first-order valence-electron chi connectivity index (χ1n) is 8.40. The summed E-state index contributed by atoms with van der Waals surface area (Å²) in [5.41, 5.74) is 0.289. The highest BCUT2D eigenvalue weighted by atomic mass is 19.1. The number of carbonyl (C=O) groups excluding carboxylic acids is 2. The van der Waals surface area contributed by atoms with Gasteiger partial charge in [0.05, 0.1) is 11.5 Å². The Morgan fingerprint density at radius 1 is 1.36 bits per heavy atom. The average Bonchev–Trinajstić information content (AvgIpc) is 2.97. The fourth-order valence-electron chi connectivity index (χ4n) is 2.93. The number of nitrogens with one attached hydrogen (secondary N) is 1. The maximum Gasteiger partial charge on any atom is 0.308 e. The van der Waals surface area contributed by atoms with Gasteiger partial charge in [-0.05, 0) is 37.0 Å². The number of benzene rings is 1. The minimum Gasteiger partial charge on any atom is -0.481 e. The third kappa shape index (κ3) is 4.78. The summed E-state index contributed by atoms with van der Waals surface area (Å²) in [6, 6.07) is 3.96. The van der Waals surface area contributed by atoms with Crippen molar-refractivity contribution >= 4 is 23.5 Å². The number of hydrogen-bond donors (Lipinski definition) is 2. The fraction of sp³-hybridized carbons (Fsp3) is 0.500.